The topological polar surface area (TPSA) is 34.2 Å². The molecule has 0 aliphatic carbocycles. The molecule has 0 saturated carbocycles. The van der Waals surface area contributed by atoms with Crippen molar-refractivity contribution in [3.8, 4) is 0 Å². The molecule has 15 heavy (non-hydrogen) atoms. The molecule has 1 aliphatic rings. The molecule has 1 aromatic heterocycles. The van der Waals surface area contributed by atoms with Gasteiger partial charge in [-0.15, -0.1) is 0 Å². The van der Waals surface area contributed by atoms with E-state index in [4.69, 9.17) is 4.74 Å². The van der Waals surface area contributed by atoms with Crippen LogP contribution in [0.2, 0.25) is 0 Å². The third-order valence-electron chi connectivity index (χ3n) is 2.83. The maximum absolute atomic E-state index is 5.33. The molecular formula is C12H18N2O. The van der Waals surface area contributed by atoms with Crippen molar-refractivity contribution in [2.24, 2.45) is 5.92 Å². The number of ether oxygens (including phenoxy) is 1. The van der Waals surface area contributed by atoms with Gasteiger partial charge in [0.1, 0.15) is 0 Å². The van der Waals surface area contributed by atoms with E-state index in [2.05, 4.69) is 16.4 Å². The third kappa shape index (κ3) is 3.61. The van der Waals surface area contributed by atoms with Crippen LogP contribution in [0.1, 0.15) is 18.4 Å². The summed E-state index contributed by atoms with van der Waals surface area (Å²) in [6, 6.07) is 4.08. The van der Waals surface area contributed by atoms with Crippen LogP contribution in [-0.4, -0.2) is 24.7 Å². The lowest BCUT2D eigenvalue weighted by molar-refractivity contribution is 0.0662. The average molecular weight is 206 g/mol. The minimum absolute atomic E-state index is 0.787. The summed E-state index contributed by atoms with van der Waals surface area (Å²) in [4.78, 5) is 4.09. The van der Waals surface area contributed by atoms with Gasteiger partial charge in [0.25, 0.3) is 0 Å². The Morgan fingerprint density at radius 3 is 3.00 bits per heavy atom. The molecule has 1 aromatic rings. The summed E-state index contributed by atoms with van der Waals surface area (Å²) in [5, 5.41) is 3.48. The molecule has 2 rings (SSSR count). The molecule has 2 heterocycles. The van der Waals surface area contributed by atoms with Crippen LogP contribution in [0.5, 0.6) is 0 Å². The van der Waals surface area contributed by atoms with E-state index in [-0.39, 0.29) is 0 Å². The van der Waals surface area contributed by atoms with Crippen molar-refractivity contribution in [3.05, 3.63) is 30.1 Å². The zero-order valence-corrected chi connectivity index (χ0v) is 8.98. The zero-order chi connectivity index (χ0) is 10.3. The van der Waals surface area contributed by atoms with Gasteiger partial charge in [0.05, 0.1) is 0 Å². The maximum Gasteiger partial charge on any atom is 0.0469 e. The summed E-state index contributed by atoms with van der Waals surface area (Å²) in [6.07, 6.45) is 6.11. The molecule has 3 heteroatoms. The van der Waals surface area contributed by atoms with Crippen LogP contribution >= 0.6 is 0 Å². The minimum atomic E-state index is 0.787. The molecule has 0 bridgehead atoms. The smallest absolute Gasteiger partial charge is 0.0469 e. The molecule has 0 amide bonds. The summed E-state index contributed by atoms with van der Waals surface area (Å²) >= 11 is 0. The summed E-state index contributed by atoms with van der Waals surface area (Å²) in [7, 11) is 0. The molecule has 82 valence electrons. The predicted octanol–water partition coefficient (Wildman–Crippen LogP) is 1.60. The fraction of sp³-hybridized carbons (Fsp3) is 0.583. The standard InChI is InChI=1S/C12H18N2O/c1-2-12(9-13-5-1)10-14-8-11-3-6-15-7-4-11/h1-2,5,9,11,14H,3-4,6-8,10H2. The summed E-state index contributed by atoms with van der Waals surface area (Å²) in [5.41, 5.74) is 1.25. The molecule has 0 radical (unpaired) electrons. The Morgan fingerprint density at radius 1 is 1.40 bits per heavy atom. The Kier molecular flexibility index (Phi) is 4.11. The van der Waals surface area contributed by atoms with Crippen molar-refractivity contribution >= 4 is 0 Å². The molecule has 1 saturated heterocycles. The highest BCUT2D eigenvalue weighted by Crippen LogP contribution is 2.13. The predicted molar refractivity (Wildman–Crippen MR) is 59.5 cm³/mol. The van der Waals surface area contributed by atoms with Crippen LogP contribution < -0.4 is 5.32 Å². The van der Waals surface area contributed by atoms with Crippen molar-refractivity contribution in [3.63, 3.8) is 0 Å². The summed E-state index contributed by atoms with van der Waals surface area (Å²) < 4.78 is 5.33. The SMILES string of the molecule is c1cncc(CNCC2CCOCC2)c1. The van der Waals surface area contributed by atoms with Crippen LogP contribution in [0, 0.1) is 5.92 Å². The maximum atomic E-state index is 5.33. The molecule has 1 N–H and O–H groups in total. The first kappa shape index (κ1) is 10.6. The molecule has 1 fully saturated rings. The van der Waals surface area contributed by atoms with Gasteiger partial charge in [0.2, 0.25) is 0 Å². The van der Waals surface area contributed by atoms with Gasteiger partial charge in [0.15, 0.2) is 0 Å². The highest BCUT2D eigenvalue weighted by molar-refractivity contribution is 5.07. The first-order valence-electron chi connectivity index (χ1n) is 5.62. The van der Waals surface area contributed by atoms with Crippen molar-refractivity contribution in [1.82, 2.24) is 10.3 Å². The molecule has 1 aliphatic heterocycles. The fourth-order valence-electron chi connectivity index (χ4n) is 1.87. The average Bonchev–Trinajstić information content (AvgIpc) is 2.32. The normalized spacial score (nSPS) is 17.9. The molecule has 0 spiro atoms. The highest BCUT2D eigenvalue weighted by atomic mass is 16.5. The van der Waals surface area contributed by atoms with Gasteiger partial charge in [0, 0.05) is 32.2 Å². The lowest BCUT2D eigenvalue weighted by Gasteiger charge is -2.22. The Balaban J connectivity index is 1.66. The molecule has 3 nitrogen and oxygen atoms in total. The lowest BCUT2D eigenvalue weighted by atomic mass is 10.0. The van der Waals surface area contributed by atoms with E-state index in [1.54, 1.807) is 0 Å². The van der Waals surface area contributed by atoms with Gasteiger partial charge in [-0.1, -0.05) is 6.07 Å². The summed E-state index contributed by atoms with van der Waals surface area (Å²) in [5.74, 6) is 0.787. The number of hydrogen-bond acceptors (Lipinski definition) is 3. The lowest BCUT2D eigenvalue weighted by Crippen LogP contribution is -2.27. The molecular weight excluding hydrogens is 188 g/mol. The third-order valence-corrected chi connectivity index (χ3v) is 2.83. The monoisotopic (exact) mass is 206 g/mol. The number of pyridine rings is 1. The fourth-order valence-corrected chi connectivity index (χ4v) is 1.87. The Labute approximate surface area is 90.9 Å². The van der Waals surface area contributed by atoms with Crippen LogP contribution in [0.15, 0.2) is 24.5 Å². The van der Waals surface area contributed by atoms with Crippen molar-refractivity contribution in [2.75, 3.05) is 19.8 Å². The van der Waals surface area contributed by atoms with E-state index < -0.39 is 0 Å². The van der Waals surface area contributed by atoms with Crippen molar-refractivity contribution in [1.29, 1.82) is 0 Å². The van der Waals surface area contributed by atoms with Crippen LogP contribution in [-0.2, 0) is 11.3 Å². The Hall–Kier alpha value is -0.930. The van der Waals surface area contributed by atoms with Crippen LogP contribution in [0.25, 0.3) is 0 Å². The molecule has 0 atom stereocenters. The van der Waals surface area contributed by atoms with Gasteiger partial charge in [-0.2, -0.15) is 0 Å². The number of nitrogens with one attached hydrogen (secondary N) is 1. The van der Waals surface area contributed by atoms with Crippen molar-refractivity contribution < 1.29 is 4.74 Å². The quantitative estimate of drug-likeness (QED) is 0.812. The van der Waals surface area contributed by atoms with Gasteiger partial charge in [-0.3, -0.25) is 4.98 Å². The van der Waals surface area contributed by atoms with E-state index in [0.717, 1.165) is 32.2 Å². The van der Waals surface area contributed by atoms with E-state index in [1.165, 1.54) is 18.4 Å². The highest BCUT2D eigenvalue weighted by Gasteiger charge is 2.12. The number of rotatable bonds is 4. The largest absolute Gasteiger partial charge is 0.381 e. The number of aromatic nitrogens is 1. The number of hydrogen-bond donors (Lipinski definition) is 1. The van der Waals surface area contributed by atoms with Crippen molar-refractivity contribution in [2.45, 2.75) is 19.4 Å². The van der Waals surface area contributed by atoms with Gasteiger partial charge in [-0.05, 0) is 36.9 Å². The first-order chi connectivity index (χ1) is 7.45. The molecule has 0 aromatic carbocycles. The summed E-state index contributed by atoms with van der Waals surface area (Å²) in [6.45, 7) is 3.88. The Bertz CT molecular complexity index is 270. The van der Waals surface area contributed by atoms with E-state index in [1.807, 2.05) is 18.5 Å². The van der Waals surface area contributed by atoms with Gasteiger partial charge >= 0.3 is 0 Å². The number of nitrogens with zero attached hydrogens (tertiary/aromatic N) is 1. The Morgan fingerprint density at radius 2 is 2.27 bits per heavy atom. The van der Waals surface area contributed by atoms with E-state index >= 15 is 0 Å². The van der Waals surface area contributed by atoms with E-state index in [0.29, 0.717) is 0 Å². The van der Waals surface area contributed by atoms with Gasteiger partial charge in [-0.25, -0.2) is 0 Å². The second-order valence-corrected chi connectivity index (χ2v) is 4.05. The molecule has 0 unspecified atom stereocenters. The second kappa shape index (κ2) is 5.83. The minimum Gasteiger partial charge on any atom is -0.381 e. The zero-order valence-electron chi connectivity index (χ0n) is 8.98. The van der Waals surface area contributed by atoms with Gasteiger partial charge < -0.3 is 10.1 Å². The van der Waals surface area contributed by atoms with Crippen LogP contribution in [0.4, 0.5) is 0 Å². The second-order valence-electron chi connectivity index (χ2n) is 4.05. The first-order valence-corrected chi connectivity index (χ1v) is 5.62. The van der Waals surface area contributed by atoms with Crippen LogP contribution in [0.3, 0.4) is 0 Å². The van der Waals surface area contributed by atoms with E-state index in [9.17, 15) is 0 Å².